The normalized spacial score (nSPS) is 15.2. The molecule has 1 aromatic rings. The third-order valence-corrected chi connectivity index (χ3v) is 2.66. The summed E-state index contributed by atoms with van der Waals surface area (Å²) in [5, 5.41) is 11.5. The highest BCUT2D eigenvalue weighted by Crippen LogP contribution is 2.10. The van der Waals surface area contributed by atoms with Gasteiger partial charge in [-0.25, -0.2) is 0 Å². The maximum Gasteiger partial charge on any atom is 0.149 e. The van der Waals surface area contributed by atoms with E-state index in [4.69, 9.17) is 0 Å². The van der Waals surface area contributed by atoms with Crippen molar-refractivity contribution in [1.29, 1.82) is 0 Å². The van der Waals surface area contributed by atoms with Crippen molar-refractivity contribution in [3.05, 3.63) is 12.2 Å². The molecular weight excluding hydrogens is 188 g/mol. The Morgan fingerprint density at radius 1 is 1.47 bits per heavy atom. The van der Waals surface area contributed by atoms with E-state index in [0.29, 0.717) is 6.04 Å². The lowest BCUT2D eigenvalue weighted by molar-refractivity contribution is 0.426. The summed E-state index contributed by atoms with van der Waals surface area (Å²) in [4.78, 5) is 0. The van der Waals surface area contributed by atoms with E-state index in [9.17, 15) is 0 Å². The average Bonchev–Trinajstić information content (AvgIpc) is 2.61. The van der Waals surface area contributed by atoms with Crippen molar-refractivity contribution >= 4 is 0 Å². The molecule has 0 amide bonds. The molecule has 2 unspecified atom stereocenters. The van der Waals surface area contributed by atoms with Crippen LogP contribution in [0.1, 0.15) is 51.9 Å². The summed E-state index contributed by atoms with van der Waals surface area (Å²) < 4.78 is 1.96. The molecular formula is C11H22N4. The van der Waals surface area contributed by atoms with Gasteiger partial charge in [-0.15, -0.1) is 10.2 Å². The minimum Gasteiger partial charge on any atom is -0.319 e. The molecule has 4 heteroatoms. The zero-order valence-corrected chi connectivity index (χ0v) is 10.2. The first kappa shape index (κ1) is 12.2. The predicted molar refractivity (Wildman–Crippen MR) is 61.5 cm³/mol. The quantitative estimate of drug-likeness (QED) is 0.781. The number of nitrogens with zero attached hydrogens (tertiary/aromatic N) is 3. The van der Waals surface area contributed by atoms with Crippen LogP contribution in [0.5, 0.6) is 0 Å². The van der Waals surface area contributed by atoms with Crippen LogP contribution in [0.15, 0.2) is 6.33 Å². The smallest absolute Gasteiger partial charge is 0.149 e. The second-order valence-corrected chi connectivity index (χ2v) is 4.23. The van der Waals surface area contributed by atoms with Crippen LogP contribution in [-0.4, -0.2) is 20.8 Å². The molecule has 1 rings (SSSR count). The van der Waals surface area contributed by atoms with Crippen LogP contribution in [0.3, 0.4) is 0 Å². The molecule has 0 aromatic carbocycles. The fraction of sp³-hybridized carbons (Fsp3) is 0.818. The van der Waals surface area contributed by atoms with E-state index in [0.717, 1.165) is 5.82 Å². The molecule has 2 atom stereocenters. The summed E-state index contributed by atoms with van der Waals surface area (Å²) in [7, 11) is 1.98. The van der Waals surface area contributed by atoms with E-state index in [1.54, 1.807) is 6.33 Å². The molecule has 86 valence electrons. The molecule has 1 aromatic heterocycles. The number of aromatic nitrogens is 3. The molecule has 0 radical (unpaired) electrons. The number of nitrogens with one attached hydrogen (secondary N) is 1. The number of hydrogen-bond donors (Lipinski definition) is 1. The SMILES string of the molecule is CCCCC(C)NC(C)c1nncn1C. The van der Waals surface area contributed by atoms with Crippen molar-refractivity contribution in [2.75, 3.05) is 0 Å². The topological polar surface area (TPSA) is 42.7 Å². The lowest BCUT2D eigenvalue weighted by Crippen LogP contribution is -2.30. The van der Waals surface area contributed by atoms with Crippen molar-refractivity contribution in [2.45, 2.75) is 52.1 Å². The summed E-state index contributed by atoms with van der Waals surface area (Å²) in [6, 6.07) is 0.806. The van der Waals surface area contributed by atoms with Gasteiger partial charge >= 0.3 is 0 Å². The van der Waals surface area contributed by atoms with Gasteiger partial charge in [-0.05, 0) is 20.3 Å². The largest absolute Gasteiger partial charge is 0.319 e. The van der Waals surface area contributed by atoms with Crippen LogP contribution in [0.25, 0.3) is 0 Å². The Bertz CT molecular complexity index is 282. The molecule has 0 spiro atoms. The number of rotatable bonds is 6. The molecule has 0 aliphatic heterocycles. The Morgan fingerprint density at radius 2 is 2.20 bits per heavy atom. The van der Waals surface area contributed by atoms with E-state index in [1.165, 1.54) is 19.3 Å². The van der Waals surface area contributed by atoms with Crippen molar-refractivity contribution in [3.8, 4) is 0 Å². The molecule has 0 fully saturated rings. The van der Waals surface area contributed by atoms with Crippen LogP contribution in [0.4, 0.5) is 0 Å². The first-order valence-corrected chi connectivity index (χ1v) is 5.75. The second-order valence-electron chi connectivity index (χ2n) is 4.23. The van der Waals surface area contributed by atoms with E-state index in [-0.39, 0.29) is 6.04 Å². The maximum atomic E-state index is 4.10. The van der Waals surface area contributed by atoms with Gasteiger partial charge in [0.15, 0.2) is 0 Å². The lowest BCUT2D eigenvalue weighted by atomic mass is 10.1. The van der Waals surface area contributed by atoms with Crippen molar-refractivity contribution < 1.29 is 0 Å². The number of hydrogen-bond acceptors (Lipinski definition) is 3. The van der Waals surface area contributed by atoms with Crippen molar-refractivity contribution in [2.24, 2.45) is 7.05 Å². The van der Waals surface area contributed by atoms with Gasteiger partial charge in [0.05, 0.1) is 6.04 Å². The maximum absolute atomic E-state index is 4.10. The molecule has 4 nitrogen and oxygen atoms in total. The van der Waals surface area contributed by atoms with Crippen LogP contribution < -0.4 is 5.32 Å². The molecule has 0 saturated heterocycles. The van der Waals surface area contributed by atoms with Crippen molar-refractivity contribution in [3.63, 3.8) is 0 Å². The molecule has 1 heterocycles. The van der Waals surface area contributed by atoms with Gasteiger partial charge in [0.1, 0.15) is 12.2 Å². The molecule has 1 N–H and O–H groups in total. The lowest BCUT2D eigenvalue weighted by Gasteiger charge is -2.18. The van der Waals surface area contributed by atoms with Gasteiger partial charge < -0.3 is 9.88 Å². The summed E-state index contributed by atoms with van der Waals surface area (Å²) >= 11 is 0. The van der Waals surface area contributed by atoms with Crippen LogP contribution in [0, 0.1) is 0 Å². The van der Waals surface area contributed by atoms with Gasteiger partial charge in [-0.2, -0.15) is 0 Å². The third kappa shape index (κ3) is 3.63. The average molecular weight is 210 g/mol. The summed E-state index contributed by atoms with van der Waals surface area (Å²) in [6.45, 7) is 6.58. The van der Waals surface area contributed by atoms with Gasteiger partial charge in [0, 0.05) is 13.1 Å². The van der Waals surface area contributed by atoms with E-state index in [1.807, 2.05) is 11.6 Å². The van der Waals surface area contributed by atoms with Crippen LogP contribution >= 0.6 is 0 Å². The zero-order chi connectivity index (χ0) is 11.3. The highest BCUT2D eigenvalue weighted by Gasteiger charge is 2.13. The summed E-state index contributed by atoms with van der Waals surface area (Å²) in [5.41, 5.74) is 0. The Hall–Kier alpha value is -0.900. The summed E-state index contributed by atoms with van der Waals surface area (Å²) in [5.74, 6) is 0.998. The Balaban J connectivity index is 2.42. The minimum absolute atomic E-state index is 0.268. The molecule has 15 heavy (non-hydrogen) atoms. The third-order valence-electron chi connectivity index (χ3n) is 2.66. The predicted octanol–water partition coefficient (Wildman–Crippen LogP) is 2.04. The number of aryl methyl sites for hydroxylation is 1. The first-order chi connectivity index (χ1) is 7.15. The number of unbranched alkanes of at least 4 members (excludes halogenated alkanes) is 1. The van der Waals surface area contributed by atoms with Gasteiger partial charge in [0.2, 0.25) is 0 Å². The molecule has 0 aliphatic rings. The second kappa shape index (κ2) is 5.85. The van der Waals surface area contributed by atoms with E-state index >= 15 is 0 Å². The highest BCUT2D eigenvalue weighted by molar-refractivity contribution is 4.92. The summed E-state index contributed by atoms with van der Waals surface area (Å²) in [6.07, 6.45) is 5.49. The Labute approximate surface area is 92.1 Å². The fourth-order valence-electron chi connectivity index (χ4n) is 1.78. The van der Waals surface area contributed by atoms with Gasteiger partial charge in [-0.1, -0.05) is 19.8 Å². The Morgan fingerprint density at radius 3 is 2.73 bits per heavy atom. The standard InChI is InChI=1S/C11H22N4/c1-5-6-7-9(2)13-10(3)11-14-12-8-15(11)4/h8-10,13H,5-7H2,1-4H3. The first-order valence-electron chi connectivity index (χ1n) is 5.75. The Kier molecular flexibility index (Phi) is 4.75. The van der Waals surface area contributed by atoms with Crippen LogP contribution in [-0.2, 0) is 7.05 Å². The molecule has 0 saturated carbocycles. The highest BCUT2D eigenvalue weighted by atomic mass is 15.3. The van der Waals surface area contributed by atoms with Crippen LogP contribution in [0.2, 0.25) is 0 Å². The monoisotopic (exact) mass is 210 g/mol. The molecule has 0 aliphatic carbocycles. The van der Waals surface area contributed by atoms with Gasteiger partial charge in [-0.3, -0.25) is 0 Å². The molecule has 0 bridgehead atoms. The minimum atomic E-state index is 0.268. The van der Waals surface area contributed by atoms with Gasteiger partial charge in [0.25, 0.3) is 0 Å². The van der Waals surface area contributed by atoms with E-state index in [2.05, 4.69) is 36.3 Å². The zero-order valence-electron chi connectivity index (χ0n) is 10.2. The van der Waals surface area contributed by atoms with Crippen molar-refractivity contribution in [1.82, 2.24) is 20.1 Å². The van der Waals surface area contributed by atoms with E-state index < -0.39 is 0 Å². The fourth-order valence-corrected chi connectivity index (χ4v) is 1.78.